The van der Waals surface area contributed by atoms with E-state index in [1.54, 1.807) is 0 Å². The van der Waals surface area contributed by atoms with Crippen LogP contribution in [0.1, 0.15) is 37.8 Å². The highest BCUT2D eigenvalue weighted by molar-refractivity contribution is 5.51. The normalized spacial score (nSPS) is 10.0. The number of para-hydroxylation sites is 1. The van der Waals surface area contributed by atoms with Crippen molar-refractivity contribution in [2.45, 2.75) is 39.5 Å². The van der Waals surface area contributed by atoms with E-state index in [2.05, 4.69) is 13.8 Å². The number of benzene rings is 1. The topological polar surface area (TPSA) is 26.3 Å². The molecule has 1 aromatic rings. The summed E-state index contributed by atoms with van der Waals surface area (Å²) in [5, 5.41) is 0. The molecule has 0 saturated heterocycles. The molecule has 0 aliphatic heterocycles. The van der Waals surface area contributed by atoms with Crippen molar-refractivity contribution in [1.82, 2.24) is 0 Å². The molecule has 15 heavy (non-hydrogen) atoms. The highest BCUT2D eigenvalue weighted by atomic mass is 16.5. The van der Waals surface area contributed by atoms with Crippen LogP contribution in [0, 0.1) is 0 Å². The smallest absolute Gasteiger partial charge is 0.298 e. The summed E-state index contributed by atoms with van der Waals surface area (Å²) in [7, 11) is 0. The predicted octanol–water partition coefficient (Wildman–Crippen LogP) is 3.13. The third-order valence-corrected chi connectivity index (χ3v) is 2.38. The molecular formula is C13H18O2. The third-order valence-electron chi connectivity index (χ3n) is 2.38. The quantitative estimate of drug-likeness (QED) is 0.668. The van der Waals surface area contributed by atoms with Gasteiger partial charge in [-0.05, 0) is 24.0 Å². The lowest BCUT2D eigenvalue weighted by atomic mass is 10.0. The molecule has 0 bridgehead atoms. The van der Waals surface area contributed by atoms with Gasteiger partial charge in [0, 0.05) is 0 Å². The van der Waals surface area contributed by atoms with Crippen LogP contribution >= 0.6 is 0 Å². The second-order valence-electron chi connectivity index (χ2n) is 3.62. The van der Waals surface area contributed by atoms with Gasteiger partial charge in [0.05, 0.1) is 0 Å². The van der Waals surface area contributed by atoms with E-state index >= 15 is 0 Å². The summed E-state index contributed by atoms with van der Waals surface area (Å²) in [6.07, 6.45) is 4.04. The molecular weight excluding hydrogens is 188 g/mol. The number of hydrogen-bond donors (Lipinski definition) is 0. The number of carbonyl (C=O) groups is 1. The molecule has 0 aliphatic carbocycles. The molecule has 0 aromatic heterocycles. The SMILES string of the molecule is CCCc1cccc(CCC)c1OC=O. The van der Waals surface area contributed by atoms with Gasteiger partial charge in [0.15, 0.2) is 0 Å². The minimum absolute atomic E-state index is 0.521. The number of rotatable bonds is 6. The Labute approximate surface area is 91.3 Å². The molecule has 0 heterocycles. The Balaban J connectivity index is 3.02. The lowest BCUT2D eigenvalue weighted by Gasteiger charge is -2.11. The maximum Gasteiger partial charge on any atom is 0.298 e. The summed E-state index contributed by atoms with van der Waals surface area (Å²) in [4.78, 5) is 10.5. The van der Waals surface area contributed by atoms with Crippen LogP contribution in [0.3, 0.4) is 0 Å². The maximum absolute atomic E-state index is 10.5. The van der Waals surface area contributed by atoms with Crippen molar-refractivity contribution < 1.29 is 9.53 Å². The highest BCUT2D eigenvalue weighted by Crippen LogP contribution is 2.26. The Morgan fingerprint density at radius 1 is 1.13 bits per heavy atom. The molecule has 0 unspecified atom stereocenters. The third kappa shape index (κ3) is 3.08. The summed E-state index contributed by atoms with van der Waals surface area (Å²) < 4.78 is 5.09. The van der Waals surface area contributed by atoms with Crippen LogP contribution < -0.4 is 4.74 Å². The highest BCUT2D eigenvalue weighted by Gasteiger charge is 2.08. The van der Waals surface area contributed by atoms with Gasteiger partial charge in [-0.3, -0.25) is 4.79 Å². The molecule has 0 saturated carbocycles. The van der Waals surface area contributed by atoms with Crippen LogP contribution in [0.15, 0.2) is 18.2 Å². The van der Waals surface area contributed by atoms with Crippen molar-refractivity contribution >= 4 is 6.47 Å². The first-order valence-corrected chi connectivity index (χ1v) is 5.54. The zero-order valence-electron chi connectivity index (χ0n) is 9.45. The Morgan fingerprint density at radius 3 is 2.07 bits per heavy atom. The van der Waals surface area contributed by atoms with Crippen molar-refractivity contribution in [1.29, 1.82) is 0 Å². The van der Waals surface area contributed by atoms with Gasteiger partial charge in [0.2, 0.25) is 0 Å². The van der Waals surface area contributed by atoms with Crippen molar-refractivity contribution in [2.75, 3.05) is 0 Å². The van der Waals surface area contributed by atoms with Crippen molar-refractivity contribution in [3.05, 3.63) is 29.3 Å². The van der Waals surface area contributed by atoms with Crippen LogP contribution in [-0.2, 0) is 17.6 Å². The Kier molecular flexibility index (Phi) is 4.88. The van der Waals surface area contributed by atoms with Gasteiger partial charge in [-0.15, -0.1) is 0 Å². The van der Waals surface area contributed by atoms with Gasteiger partial charge in [-0.25, -0.2) is 0 Å². The number of carbonyl (C=O) groups excluding carboxylic acids is 1. The summed E-state index contributed by atoms with van der Waals surface area (Å²) in [5.74, 6) is 0.774. The lowest BCUT2D eigenvalue weighted by molar-refractivity contribution is -0.120. The first-order chi connectivity index (χ1) is 7.33. The first-order valence-electron chi connectivity index (χ1n) is 5.54. The number of hydrogen-bond acceptors (Lipinski definition) is 2. The molecule has 0 atom stereocenters. The number of ether oxygens (including phenoxy) is 1. The average Bonchev–Trinajstić information content (AvgIpc) is 2.23. The molecule has 0 radical (unpaired) electrons. The largest absolute Gasteiger partial charge is 0.428 e. The van der Waals surface area contributed by atoms with E-state index in [1.807, 2.05) is 18.2 Å². The van der Waals surface area contributed by atoms with Crippen molar-refractivity contribution in [3.63, 3.8) is 0 Å². The molecule has 0 aliphatic rings. The van der Waals surface area contributed by atoms with E-state index < -0.39 is 0 Å². The monoisotopic (exact) mass is 206 g/mol. The molecule has 2 nitrogen and oxygen atoms in total. The molecule has 2 heteroatoms. The first kappa shape index (κ1) is 11.8. The summed E-state index contributed by atoms with van der Waals surface area (Å²) in [6, 6.07) is 6.09. The molecule has 1 aromatic carbocycles. The van der Waals surface area contributed by atoms with Crippen LogP contribution in [0.2, 0.25) is 0 Å². The van der Waals surface area contributed by atoms with E-state index in [4.69, 9.17) is 4.74 Å². The molecule has 0 spiro atoms. The molecule has 0 amide bonds. The molecule has 82 valence electrons. The average molecular weight is 206 g/mol. The Hall–Kier alpha value is -1.31. The van der Waals surface area contributed by atoms with Crippen LogP contribution in [0.5, 0.6) is 5.75 Å². The second-order valence-corrected chi connectivity index (χ2v) is 3.62. The maximum atomic E-state index is 10.5. The van der Waals surface area contributed by atoms with Crippen LogP contribution in [0.25, 0.3) is 0 Å². The summed E-state index contributed by atoms with van der Waals surface area (Å²) >= 11 is 0. The number of aryl methyl sites for hydroxylation is 2. The molecule has 1 rings (SSSR count). The fourth-order valence-corrected chi connectivity index (χ4v) is 1.77. The fraction of sp³-hybridized carbons (Fsp3) is 0.462. The van der Waals surface area contributed by atoms with Crippen molar-refractivity contribution in [2.24, 2.45) is 0 Å². The standard InChI is InChI=1S/C13H18O2/c1-3-6-11-8-5-9-12(7-4-2)13(11)15-10-14/h5,8-10H,3-4,6-7H2,1-2H3. The van der Waals surface area contributed by atoms with E-state index in [9.17, 15) is 4.79 Å². The Bertz CT molecular complexity index is 294. The van der Waals surface area contributed by atoms with Gasteiger partial charge in [-0.1, -0.05) is 44.9 Å². The van der Waals surface area contributed by atoms with Crippen LogP contribution in [-0.4, -0.2) is 6.47 Å². The summed E-state index contributed by atoms with van der Waals surface area (Å²) in [5.41, 5.74) is 2.27. The summed E-state index contributed by atoms with van der Waals surface area (Å²) in [6.45, 7) is 4.77. The van der Waals surface area contributed by atoms with Gasteiger partial charge in [0.1, 0.15) is 5.75 Å². The Morgan fingerprint density at radius 2 is 1.67 bits per heavy atom. The molecule has 0 fully saturated rings. The second kappa shape index (κ2) is 6.23. The van der Waals surface area contributed by atoms with E-state index in [0.29, 0.717) is 6.47 Å². The predicted molar refractivity (Wildman–Crippen MR) is 61.1 cm³/mol. The van der Waals surface area contributed by atoms with Gasteiger partial charge in [0.25, 0.3) is 6.47 Å². The lowest BCUT2D eigenvalue weighted by Crippen LogP contribution is -1.99. The minimum atomic E-state index is 0.521. The van der Waals surface area contributed by atoms with Crippen molar-refractivity contribution in [3.8, 4) is 5.75 Å². The van der Waals surface area contributed by atoms with Gasteiger partial charge < -0.3 is 4.74 Å². The minimum Gasteiger partial charge on any atom is -0.428 e. The zero-order valence-corrected chi connectivity index (χ0v) is 9.45. The zero-order chi connectivity index (χ0) is 11.1. The van der Waals surface area contributed by atoms with Gasteiger partial charge >= 0.3 is 0 Å². The van der Waals surface area contributed by atoms with Crippen LogP contribution in [0.4, 0.5) is 0 Å². The molecule has 0 N–H and O–H groups in total. The van der Waals surface area contributed by atoms with E-state index in [-0.39, 0.29) is 0 Å². The van der Waals surface area contributed by atoms with E-state index in [1.165, 1.54) is 0 Å². The van der Waals surface area contributed by atoms with Gasteiger partial charge in [-0.2, -0.15) is 0 Å². The van der Waals surface area contributed by atoms with E-state index in [0.717, 1.165) is 42.6 Å². The fourth-order valence-electron chi connectivity index (χ4n) is 1.77.